The highest BCUT2D eigenvalue weighted by Gasteiger charge is 2.26. The molecule has 0 aliphatic carbocycles. The second-order valence-electron chi connectivity index (χ2n) is 3.99. The molecule has 1 fully saturated rings. The number of halogens is 3. The van der Waals surface area contributed by atoms with Gasteiger partial charge >= 0.3 is 6.98 Å². The Labute approximate surface area is 97.0 Å². The Morgan fingerprint density at radius 3 is 2.82 bits per heavy atom. The van der Waals surface area contributed by atoms with Crippen LogP contribution in [-0.4, -0.2) is 31.3 Å². The van der Waals surface area contributed by atoms with Crippen molar-refractivity contribution in [2.45, 2.75) is 18.9 Å². The second-order valence-corrected chi connectivity index (χ2v) is 3.99. The Kier molecular flexibility index (Phi) is 3.56. The van der Waals surface area contributed by atoms with E-state index in [0.29, 0.717) is 13.2 Å². The maximum atomic E-state index is 12.5. The van der Waals surface area contributed by atoms with E-state index < -0.39 is 12.4 Å². The van der Waals surface area contributed by atoms with Crippen LogP contribution in [0.2, 0.25) is 0 Å². The summed E-state index contributed by atoms with van der Waals surface area (Å²) in [7, 11) is 0. The summed E-state index contributed by atoms with van der Waals surface area (Å²) in [6, 6.07) is 0.988. The van der Waals surface area contributed by atoms with Crippen molar-refractivity contribution in [1.29, 1.82) is 0 Å². The number of ether oxygens (including phenoxy) is 2. The lowest BCUT2D eigenvalue weighted by Crippen LogP contribution is -2.35. The van der Waals surface area contributed by atoms with Gasteiger partial charge in [0.15, 0.2) is 0 Å². The highest BCUT2D eigenvalue weighted by Crippen LogP contribution is 2.17. The lowest BCUT2D eigenvalue weighted by Gasteiger charge is -2.24. The molecule has 0 spiro atoms. The van der Waals surface area contributed by atoms with E-state index >= 15 is 0 Å². The average Bonchev–Trinajstić information content (AvgIpc) is 2.29. The number of pyridine rings is 1. The molecule has 0 aromatic carbocycles. The molecule has 1 atom stereocenters. The molecule has 1 aliphatic heterocycles. The van der Waals surface area contributed by atoms with Crippen LogP contribution in [0.15, 0.2) is 18.5 Å². The molecule has 0 N–H and O–H groups in total. The van der Waals surface area contributed by atoms with Crippen molar-refractivity contribution in [3.63, 3.8) is 0 Å². The van der Waals surface area contributed by atoms with Gasteiger partial charge in [0.1, 0.15) is 11.9 Å². The van der Waals surface area contributed by atoms with Gasteiger partial charge in [-0.1, -0.05) is 5.46 Å². The van der Waals surface area contributed by atoms with Crippen LogP contribution in [0.25, 0.3) is 0 Å². The smallest absolute Gasteiger partial charge is 0.487 e. The second kappa shape index (κ2) is 4.95. The summed E-state index contributed by atoms with van der Waals surface area (Å²) in [6.07, 6.45) is 3.58. The first-order valence-electron chi connectivity index (χ1n) is 5.45. The Morgan fingerprint density at radius 2 is 2.18 bits per heavy atom. The summed E-state index contributed by atoms with van der Waals surface area (Å²) in [6.45, 7) is -3.93. The highest BCUT2D eigenvalue weighted by atomic mass is 19.4. The van der Waals surface area contributed by atoms with Gasteiger partial charge in [0, 0.05) is 12.8 Å². The predicted octanol–water partition coefficient (Wildman–Crippen LogP) is 1.69. The topological polar surface area (TPSA) is 31.4 Å². The molecule has 1 aromatic rings. The summed E-state index contributed by atoms with van der Waals surface area (Å²) in [5.74, 6) is 0.150. The fourth-order valence-corrected chi connectivity index (χ4v) is 1.68. The summed E-state index contributed by atoms with van der Waals surface area (Å²) < 4.78 is 48.1. The van der Waals surface area contributed by atoms with Crippen LogP contribution in [0.3, 0.4) is 0 Å². The van der Waals surface area contributed by atoms with Gasteiger partial charge in [-0.05, 0) is 18.9 Å². The molecule has 0 radical (unpaired) electrons. The Morgan fingerprint density at radius 1 is 1.35 bits per heavy atom. The Balaban J connectivity index is 2.05. The van der Waals surface area contributed by atoms with Gasteiger partial charge < -0.3 is 22.4 Å². The first kappa shape index (κ1) is 12.2. The van der Waals surface area contributed by atoms with Crippen molar-refractivity contribution < 1.29 is 22.4 Å². The monoisotopic (exact) mass is 246 g/mol. The molecular weight excluding hydrogens is 234 g/mol. The third kappa shape index (κ3) is 3.36. The van der Waals surface area contributed by atoms with Gasteiger partial charge in [-0.2, -0.15) is 0 Å². The van der Waals surface area contributed by atoms with E-state index in [1.807, 2.05) is 0 Å². The molecule has 2 heterocycles. The van der Waals surface area contributed by atoms with Gasteiger partial charge in [0.25, 0.3) is 0 Å². The molecule has 0 amide bonds. The third-order valence-electron chi connectivity index (χ3n) is 2.53. The van der Waals surface area contributed by atoms with Gasteiger partial charge in [0.2, 0.25) is 0 Å². The minimum absolute atomic E-state index is 0.150. The summed E-state index contributed by atoms with van der Waals surface area (Å²) in [4.78, 5) is 3.55. The standard InChI is InChI=1S/C10H12BF3NO2/c12-11(13,14)8-4-10(6-15-5-8)17-9-2-1-3-16-7-9/h4-6,9H,1-3,7H2/q-1. The zero-order valence-corrected chi connectivity index (χ0v) is 9.11. The van der Waals surface area contributed by atoms with E-state index in [9.17, 15) is 12.9 Å². The molecule has 3 nitrogen and oxygen atoms in total. The van der Waals surface area contributed by atoms with E-state index in [1.165, 1.54) is 6.20 Å². The number of rotatable bonds is 3. The van der Waals surface area contributed by atoms with E-state index in [1.54, 1.807) is 0 Å². The summed E-state index contributed by atoms with van der Waals surface area (Å²) in [5.41, 5.74) is -0.737. The van der Waals surface area contributed by atoms with Crippen LogP contribution in [0.4, 0.5) is 12.9 Å². The fourth-order valence-electron chi connectivity index (χ4n) is 1.68. The van der Waals surface area contributed by atoms with Crippen molar-refractivity contribution in [2.75, 3.05) is 13.2 Å². The first-order chi connectivity index (χ1) is 8.05. The highest BCUT2D eigenvalue weighted by molar-refractivity contribution is 6.73. The van der Waals surface area contributed by atoms with Crippen LogP contribution >= 0.6 is 0 Å². The molecular formula is C10H12BF3NO2-. The Hall–Kier alpha value is -1.24. The van der Waals surface area contributed by atoms with Crippen LogP contribution < -0.4 is 10.2 Å². The van der Waals surface area contributed by atoms with Crippen molar-refractivity contribution in [3.05, 3.63) is 18.5 Å². The van der Waals surface area contributed by atoms with Crippen molar-refractivity contribution in [2.24, 2.45) is 0 Å². The average molecular weight is 246 g/mol. The summed E-state index contributed by atoms with van der Waals surface area (Å²) in [5, 5.41) is 0. The van der Waals surface area contributed by atoms with Gasteiger partial charge in [-0.3, -0.25) is 4.98 Å². The largest absolute Gasteiger partial charge is 0.511 e. The molecule has 2 rings (SSSR count). The molecule has 0 bridgehead atoms. The molecule has 1 saturated heterocycles. The predicted molar refractivity (Wildman–Crippen MR) is 57.4 cm³/mol. The maximum Gasteiger partial charge on any atom is 0.511 e. The lowest BCUT2D eigenvalue weighted by molar-refractivity contribution is 0.00731. The molecule has 1 aromatic heterocycles. The van der Waals surface area contributed by atoms with Crippen molar-refractivity contribution >= 4 is 12.4 Å². The van der Waals surface area contributed by atoms with Crippen molar-refractivity contribution in [1.82, 2.24) is 4.98 Å². The zero-order valence-electron chi connectivity index (χ0n) is 9.11. The van der Waals surface area contributed by atoms with E-state index in [2.05, 4.69) is 4.98 Å². The van der Waals surface area contributed by atoms with Crippen LogP contribution in [0.5, 0.6) is 5.75 Å². The minimum Gasteiger partial charge on any atom is -0.487 e. The third-order valence-corrected chi connectivity index (χ3v) is 2.53. The van der Waals surface area contributed by atoms with E-state index in [4.69, 9.17) is 9.47 Å². The Bertz CT molecular complexity index is 380. The number of aromatic nitrogens is 1. The number of hydrogen-bond acceptors (Lipinski definition) is 3. The molecule has 0 saturated carbocycles. The summed E-state index contributed by atoms with van der Waals surface area (Å²) >= 11 is 0. The molecule has 1 unspecified atom stereocenters. The van der Waals surface area contributed by atoms with Crippen LogP contribution in [0.1, 0.15) is 12.8 Å². The van der Waals surface area contributed by atoms with E-state index in [-0.39, 0.29) is 11.9 Å². The molecule has 94 valence electrons. The van der Waals surface area contributed by atoms with Crippen molar-refractivity contribution in [3.8, 4) is 5.75 Å². The number of hydrogen-bond donors (Lipinski definition) is 0. The van der Waals surface area contributed by atoms with Crippen LogP contribution in [-0.2, 0) is 4.74 Å². The molecule has 17 heavy (non-hydrogen) atoms. The lowest BCUT2D eigenvalue weighted by atomic mass is 9.81. The quantitative estimate of drug-likeness (QED) is 0.760. The van der Waals surface area contributed by atoms with Gasteiger partial charge in [-0.25, -0.2) is 0 Å². The maximum absolute atomic E-state index is 12.5. The SMILES string of the molecule is F[B-](F)(F)c1cncc(OC2CCCOC2)c1. The first-order valence-corrected chi connectivity index (χ1v) is 5.45. The van der Waals surface area contributed by atoms with E-state index in [0.717, 1.165) is 25.1 Å². The normalized spacial score (nSPS) is 21.2. The zero-order chi connectivity index (χ0) is 12.3. The minimum atomic E-state index is -5.03. The fraction of sp³-hybridized carbons (Fsp3) is 0.500. The molecule has 1 aliphatic rings. The van der Waals surface area contributed by atoms with Gasteiger partial charge in [0.05, 0.1) is 12.8 Å². The molecule has 7 heteroatoms. The van der Waals surface area contributed by atoms with Gasteiger partial charge in [-0.15, -0.1) is 0 Å². The number of nitrogens with zero attached hydrogens (tertiary/aromatic N) is 1. The van der Waals surface area contributed by atoms with Crippen LogP contribution in [0, 0.1) is 0 Å².